The molecule has 1 aromatic carbocycles. The fourth-order valence-corrected chi connectivity index (χ4v) is 2.07. The number of benzene rings is 1. The fraction of sp³-hybridized carbons (Fsp3) is 0.333. The van der Waals surface area contributed by atoms with Crippen LogP contribution in [0.25, 0.3) is 11.0 Å². The lowest BCUT2D eigenvalue weighted by Crippen LogP contribution is -1.98. The van der Waals surface area contributed by atoms with Gasteiger partial charge >= 0.3 is 0 Å². The monoisotopic (exact) mass is 206 g/mol. The van der Waals surface area contributed by atoms with E-state index in [1.54, 1.807) is 0 Å². The summed E-state index contributed by atoms with van der Waals surface area (Å²) in [4.78, 5) is 0. The molecule has 0 amide bonds. The maximum atomic E-state index is 5.79. The molecule has 1 aromatic heterocycles. The molecule has 0 spiro atoms. The Labute approximate surface area is 86.7 Å². The third kappa shape index (κ3) is 1.36. The highest BCUT2D eigenvalue weighted by atomic mass is 31.0. The van der Waals surface area contributed by atoms with Crippen LogP contribution in [0.2, 0.25) is 0 Å². The molecule has 0 aliphatic heterocycles. The molecule has 1 atom stereocenters. The summed E-state index contributed by atoms with van der Waals surface area (Å²) in [7, 11) is 2.76. The Balaban J connectivity index is 2.84. The predicted molar refractivity (Wildman–Crippen MR) is 64.4 cm³/mol. The second-order valence-corrected chi connectivity index (χ2v) is 4.31. The fourth-order valence-electron chi connectivity index (χ4n) is 1.77. The van der Waals surface area contributed by atoms with Crippen LogP contribution in [0.5, 0.6) is 0 Å². The molecule has 0 saturated heterocycles. The van der Waals surface area contributed by atoms with Crippen molar-refractivity contribution in [2.75, 3.05) is 0 Å². The molecule has 2 aromatic rings. The summed E-state index contributed by atoms with van der Waals surface area (Å²) < 4.78 is 5.79. The maximum Gasteiger partial charge on any atom is 0.141 e. The Morgan fingerprint density at radius 2 is 1.93 bits per heavy atom. The van der Waals surface area contributed by atoms with Crippen LogP contribution in [-0.4, -0.2) is 0 Å². The number of fused-ring (bicyclic) bond motifs is 1. The van der Waals surface area contributed by atoms with Crippen LogP contribution >= 0.6 is 9.24 Å². The highest BCUT2D eigenvalue weighted by molar-refractivity contribution is 7.28. The second kappa shape index (κ2) is 3.40. The van der Waals surface area contributed by atoms with Gasteiger partial charge in [0.05, 0.1) is 0 Å². The third-order valence-electron chi connectivity index (χ3n) is 2.66. The Morgan fingerprint density at radius 3 is 2.57 bits per heavy atom. The normalized spacial score (nSPS) is 11.1. The smallest absolute Gasteiger partial charge is 0.141 e. The van der Waals surface area contributed by atoms with E-state index >= 15 is 0 Å². The molecule has 0 aliphatic rings. The quantitative estimate of drug-likeness (QED) is 0.653. The Kier molecular flexibility index (Phi) is 2.36. The Bertz CT molecular complexity index is 483. The van der Waals surface area contributed by atoms with Gasteiger partial charge in [-0.3, -0.25) is 0 Å². The molecule has 0 saturated carbocycles. The van der Waals surface area contributed by atoms with E-state index in [0.717, 1.165) is 17.8 Å². The van der Waals surface area contributed by atoms with Gasteiger partial charge in [0, 0.05) is 17.1 Å². The zero-order valence-corrected chi connectivity index (χ0v) is 10.0. The molecule has 0 aliphatic carbocycles. The van der Waals surface area contributed by atoms with Crippen molar-refractivity contribution in [3.05, 3.63) is 29.0 Å². The van der Waals surface area contributed by atoms with Crippen molar-refractivity contribution >= 4 is 25.5 Å². The highest BCUT2D eigenvalue weighted by Crippen LogP contribution is 2.24. The third-order valence-corrected chi connectivity index (χ3v) is 3.38. The molecule has 1 heterocycles. The lowest BCUT2D eigenvalue weighted by Gasteiger charge is -2.02. The van der Waals surface area contributed by atoms with Crippen LogP contribution in [-0.2, 0) is 6.42 Å². The molecule has 14 heavy (non-hydrogen) atoms. The van der Waals surface area contributed by atoms with E-state index in [9.17, 15) is 0 Å². The minimum Gasteiger partial charge on any atom is -0.460 e. The molecule has 1 unspecified atom stereocenters. The summed E-state index contributed by atoms with van der Waals surface area (Å²) in [6.07, 6.45) is 0.956. The van der Waals surface area contributed by atoms with Crippen molar-refractivity contribution in [2.45, 2.75) is 27.2 Å². The number of furan rings is 1. The first-order chi connectivity index (χ1) is 6.63. The largest absolute Gasteiger partial charge is 0.460 e. The molecule has 74 valence electrons. The molecule has 0 bridgehead atoms. The first-order valence-electron chi connectivity index (χ1n) is 4.91. The predicted octanol–water partition coefficient (Wildman–Crippen LogP) is 3.11. The first-order valence-corrected chi connectivity index (χ1v) is 5.49. The van der Waals surface area contributed by atoms with Gasteiger partial charge in [-0.15, -0.1) is 9.24 Å². The molecular formula is C12H15OP. The highest BCUT2D eigenvalue weighted by Gasteiger charge is 2.09. The summed E-state index contributed by atoms with van der Waals surface area (Å²) in [5, 5.41) is 2.43. The number of aryl methyl sites for hydroxylation is 3. The van der Waals surface area contributed by atoms with Gasteiger partial charge < -0.3 is 4.42 Å². The zero-order valence-electron chi connectivity index (χ0n) is 8.85. The van der Waals surface area contributed by atoms with E-state index in [4.69, 9.17) is 4.42 Å². The van der Waals surface area contributed by atoms with E-state index in [0.29, 0.717) is 0 Å². The van der Waals surface area contributed by atoms with Crippen molar-refractivity contribution in [3.8, 4) is 0 Å². The number of rotatable bonds is 1. The average molecular weight is 206 g/mol. The van der Waals surface area contributed by atoms with Crippen molar-refractivity contribution < 1.29 is 4.42 Å². The van der Waals surface area contributed by atoms with Crippen LogP contribution in [0, 0.1) is 13.8 Å². The molecular weight excluding hydrogens is 191 g/mol. The topological polar surface area (TPSA) is 13.1 Å². The average Bonchev–Trinajstić information content (AvgIpc) is 2.58. The van der Waals surface area contributed by atoms with Crippen molar-refractivity contribution in [2.24, 2.45) is 0 Å². The van der Waals surface area contributed by atoms with Crippen molar-refractivity contribution in [1.29, 1.82) is 0 Å². The second-order valence-electron chi connectivity index (χ2n) is 3.73. The summed E-state index contributed by atoms with van der Waals surface area (Å²) in [5.74, 6) is 1.07. The first kappa shape index (κ1) is 9.73. The molecule has 2 rings (SSSR count). The lowest BCUT2D eigenvalue weighted by molar-refractivity contribution is 0.559. The van der Waals surface area contributed by atoms with E-state index in [1.807, 2.05) is 0 Å². The Morgan fingerprint density at radius 1 is 1.21 bits per heavy atom. The van der Waals surface area contributed by atoms with Crippen molar-refractivity contribution in [1.82, 2.24) is 0 Å². The van der Waals surface area contributed by atoms with Gasteiger partial charge in [-0.1, -0.05) is 13.0 Å². The standard InChI is InChI=1S/C12H15OP/c1-4-9-6-10-7(2)5-8(3)12(14)11(10)13-9/h5-6H,4,14H2,1-3H3. The molecule has 2 heteroatoms. The lowest BCUT2D eigenvalue weighted by atomic mass is 10.1. The maximum absolute atomic E-state index is 5.79. The SMILES string of the molecule is CCc1cc2c(C)cc(C)c(P)c2o1. The van der Waals surface area contributed by atoms with Gasteiger partial charge in [0.2, 0.25) is 0 Å². The van der Waals surface area contributed by atoms with E-state index in [2.05, 4.69) is 42.1 Å². The van der Waals surface area contributed by atoms with Crippen LogP contribution in [0.1, 0.15) is 23.8 Å². The number of hydrogen-bond acceptors (Lipinski definition) is 1. The molecule has 0 radical (unpaired) electrons. The minimum atomic E-state index is 0.956. The molecule has 0 N–H and O–H groups in total. The molecule has 1 nitrogen and oxygen atoms in total. The van der Waals surface area contributed by atoms with Gasteiger partial charge in [0.15, 0.2) is 0 Å². The van der Waals surface area contributed by atoms with E-state index < -0.39 is 0 Å². The van der Waals surface area contributed by atoms with E-state index in [-0.39, 0.29) is 0 Å². The van der Waals surface area contributed by atoms with Gasteiger partial charge in [-0.2, -0.15) is 0 Å². The molecule has 0 fully saturated rings. The zero-order chi connectivity index (χ0) is 10.3. The van der Waals surface area contributed by atoms with Crippen LogP contribution in [0.4, 0.5) is 0 Å². The van der Waals surface area contributed by atoms with Crippen LogP contribution < -0.4 is 5.30 Å². The summed E-state index contributed by atoms with van der Waals surface area (Å²) in [6, 6.07) is 4.36. The van der Waals surface area contributed by atoms with Gasteiger partial charge in [-0.05, 0) is 31.0 Å². The summed E-state index contributed by atoms with van der Waals surface area (Å²) in [5.41, 5.74) is 3.61. The van der Waals surface area contributed by atoms with Crippen LogP contribution in [0.3, 0.4) is 0 Å². The van der Waals surface area contributed by atoms with E-state index in [1.165, 1.54) is 21.8 Å². The summed E-state index contributed by atoms with van der Waals surface area (Å²) >= 11 is 0. The number of hydrogen-bond donors (Lipinski definition) is 0. The van der Waals surface area contributed by atoms with Gasteiger partial charge in [-0.25, -0.2) is 0 Å². The van der Waals surface area contributed by atoms with Gasteiger partial charge in [0.1, 0.15) is 11.3 Å². The van der Waals surface area contributed by atoms with Crippen LogP contribution in [0.15, 0.2) is 16.5 Å². The Hall–Kier alpha value is -0.810. The minimum absolute atomic E-state index is 0.956. The summed E-state index contributed by atoms with van der Waals surface area (Å²) in [6.45, 7) is 6.36. The van der Waals surface area contributed by atoms with Gasteiger partial charge in [0.25, 0.3) is 0 Å². The van der Waals surface area contributed by atoms with Crippen molar-refractivity contribution in [3.63, 3.8) is 0 Å².